The number of pyridine rings is 1. The summed E-state index contributed by atoms with van der Waals surface area (Å²) in [5.74, 6) is 1.88. The van der Waals surface area contributed by atoms with Gasteiger partial charge in [0.05, 0.1) is 0 Å². The highest BCUT2D eigenvalue weighted by atomic mass is 16.2. The number of urea groups is 1. The SMILES string of the molecule is CCN1CCN(C(=O)NCc2ccc(N3CCC(C)CC3)nc2)CC1. The normalized spacial score (nSPS) is 19.9. The Morgan fingerprint density at radius 3 is 2.48 bits per heavy atom. The first kappa shape index (κ1) is 18.0. The molecular weight excluding hydrogens is 314 g/mol. The maximum atomic E-state index is 12.3. The number of likely N-dealkylation sites (N-methyl/N-ethyl adjacent to an activating group) is 1. The molecule has 138 valence electrons. The minimum absolute atomic E-state index is 0.0323. The molecule has 0 aliphatic carbocycles. The van der Waals surface area contributed by atoms with Gasteiger partial charge in [0.2, 0.25) is 0 Å². The summed E-state index contributed by atoms with van der Waals surface area (Å²) in [4.78, 5) is 23.5. The molecule has 3 rings (SSSR count). The van der Waals surface area contributed by atoms with E-state index in [1.165, 1.54) is 12.8 Å². The van der Waals surface area contributed by atoms with Crippen molar-refractivity contribution in [1.29, 1.82) is 0 Å². The molecule has 1 N–H and O–H groups in total. The summed E-state index contributed by atoms with van der Waals surface area (Å²) in [6, 6.07) is 4.19. The number of hydrogen-bond acceptors (Lipinski definition) is 4. The van der Waals surface area contributed by atoms with Crippen molar-refractivity contribution >= 4 is 11.8 Å². The Labute approximate surface area is 151 Å². The zero-order valence-electron chi connectivity index (χ0n) is 15.6. The van der Waals surface area contributed by atoms with Crippen molar-refractivity contribution in [2.24, 2.45) is 5.92 Å². The number of carbonyl (C=O) groups is 1. The Morgan fingerprint density at radius 2 is 1.88 bits per heavy atom. The van der Waals surface area contributed by atoms with Crippen LogP contribution in [0.25, 0.3) is 0 Å². The van der Waals surface area contributed by atoms with Crippen LogP contribution < -0.4 is 10.2 Å². The molecule has 3 heterocycles. The number of piperidine rings is 1. The summed E-state index contributed by atoms with van der Waals surface area (Å²) in [6.07, 6.45) is 4.37. The molecule has 0 radical (unpaired) electrons. The van der Waals surface area contributed by atoms with Gasteiger partial charge in [-0.2, -0.15) is 0 Å². The van der Waals surface area contributed by atoms with E-state index in [1.807, 2.05) is 11.1 Å². The summed E-state index contributed by atoms with van der Waals surface area (Å²) in [6.45, 7) is 11.8. The van der Waals surface area contributed by atoms with Gasteiger partial charge < -0.3 is 20.0 Å². The molecule has 2 saturated heterocycles. The first-order chi connectivity index (χ1) is 12.2. The van der Waals surface area contributed by atoms with Crippen molar-refractivity contribution < 1.29 is 4.79 Å². The number of carbonyl (C=O) groups excluding carboxylic acids is 1. The van der Waals surface area contributed by atoms with E-state index in [0.29, 0.717) is 6.54 Å². The zero-order chi connectivity index (χ0) is 17.6. The molecule has 25 heavy (non-hydrogen) atoms. The van der Waals surface area contributed by atoms with Gasteiger partial charge in [-0.05, 0) is 36.9 Å². The zero-order valence-corrected chi connectivity index (χ0v) is 15.6. The maximum Gasteiger partial charge on any atom is 0.317 e. The Balaban J connectivity index is 1.45. The second-order valence-electron chi connectivity index (χ2n) is 7.27. The molecule has 0 atom stereocenters. The van der Waals surface area contributed by atoms with Gasteiger partial charge in [-0.3, -0.25) is 0 Å². The Hall–Kier alpha value is -1.82. The fourth-order valence-electron chi connectivity index (χ4n) is 3.50. The highest BCUT2D eigenvalue weighted by molar-refractivity contribution is 5.74. The van der Waals surface area contributed by atoms with Crippen LogP contribution in [0, 0.1) is 5.92 Å². The van der Waals surface area contributed by atoms with E-state index in [2.05, 4.69) is 46.1 Å². The molecule has 2 fully saturated rings. The van der Waals surface area contributed by atoms with Gasteiger partial charge in [-0.15, -0.1) is 0 Å². The number of piperazine rings is 1. The summed E-state index contributed by atoms with van der Waals surface area (Å²) < 4.78 is 0. The molecule has 2 amide bonds. The molecule has 2 aliphatic heterocycles. The highest BCUT2D eigenvalue weighted by Crippen LogP contribution is 2.21. The van der Waals surface area contributed by atoms with Crippen molar-refractivity contribution in [1.82, 2.24) is 20.1 Å². The molecular formula is C19H31N5O. The molecule has 0 unspecified atom stereocenters. The molecule has 0 bridgehead atoms. The number of amides is 2. The van der Waals surface area contributed by atoms with Crippen LogP contribution in [0.15, 0.2) is 18.3 Å². The third kappa shape index (κ3) is 4.84. The highest BCUT2D eigenvalue weighted by Gasteiger charge is 2.20. The molecule has 6 nitrogen and oxygen atoms in total. The van der Waals surface area contributed by atoms with Crippen LogP contribution in [0.5, 0.6) is 0 Å². The maximum absolute atomic E-state index is 12.3. The van der Waals surface area contributed by atoms with Gasteiger partial charge >= 0.3 is 6.03 Å². The van der Waals surface area contributed by atoms with Crippen molar-refractivity contribution in [3.05, 3.63) is 23.9 Å². The van der Waals surface area contributed by atoms with Crippen LogP contribution in [0.2, 0.25) is 0 Å². The molecule has 0 aromatic carbocycles. The average molecular weight is 345 g/mol. The van der Waals surface area contributed by atoms with Gasteiger partial charge in [0.15, 0.2) is 0 Å². The molecule has 1 aromatic rings. The van der Waals surface area contributed by atoms with Crippen molar-refractivity contribution in [3.63, 3.8) is 0 Å². The number of hydrogen-bond donors (Lipinski definition) is 1. The van der Waals surface area contributed by atoms with E-state index >= 15 is 0 Å². The predicted molar refractivity (Wildman–Crippen MR) is 101 cm³/mol. The molecule has 6 heteroatoms. The summed E-state index contributed by atoms with van der Waals surface area (Å²) >= 11 is 0. The van der Waals surface area contributed by atoms with Crippen LogP contribution in [-0.4, -0.2) is 66.6 Å². The minimum atomic E-state index is 0.0323. The Bertz CT molecular complexity index is 545. The van der Waals surface area contributed by atoms with Crippen LogP contribution in [0.4, 0.5) is 10.6 Å². The summed E-state index contributed by atoms with van der Waals surface area (Å²) in [5.41, 5.74) is 1.05. The second-order valence-corrected chi connectivity index (χ2v) is 7.27. The molecule has 2 aliphatic rings. The third-order valence-corrected chi connectivity index (χ3v) is 5.47. The van der Waals surface area contributed by atoms with E-state index in [0.717, 1.165) is 63.1 Å². The number of rotatable bonds is 4. The van der Waals surface area contributed by atoms with E-state index in [-0.39, 0.29) is 6.03 Å². The number of nitrogens with one attached hydrogen (secondary N) is 1. The van der Waals surface area contributed by atoms with Crippen LogP contribution >= 0.6 is 0 Å². The number of aromatic nitrogens is 1. The van der Waals surface area contributed by atoms with Crippen LogP contribution in [-0.2, 0) is 6.54 Å². The van der Waals surface area contributed by atoms with Crippen molar-refractivity contribution in [3.8, 4) is 0 Å². The van der Waals surface area contributed by atoms with E-state index in [1.54, 1.807) is 0 Å². The third-order valence-electron chi connectivity index (χ3n) is 5.47. The van der Waals surface area contributed by atoms with E-state index < -0.39 is 0 Å². The molecule has 1 aromatic heterocycles. The monoisotopic (exact) mass is 345 g/mol. The first-order valence-electron chi connectivity index (χ1n) is 9.60. The summed E-state index contributed by atoms with van der Waals surface area (Å²) in [7, 11) is 0. The average Bonchev–Trinajstić information content (AvgIpc) is 2.67. The lowest BCUT2D eigenvalue weighted by Crippen LogP contribution is -2.51. The lowest BCUT2D eigenvalue weighted by atomic mass is 9.99. The van der Waals surface area contributed by atoms with Crippen LogP contribution in [0.1, 0.15) is 32.3 Å². The van der Waals surface area contributed by atoms with Crippen LogP contribution in [0.3, 0.4) is 0 Å². The van der Waals surface area contributed by atoms with E-state index in [4.69, 9.17) is 0 Å². The fraction of sp³-hybridized carbons (Fsp3) is 0.684. The Kier molecular flexibility index (Phi) is 6.13. The topological polar surface area (TPSA) is 51.7 Å². The van der Waals surface area contributed by atoms with Gasteiger partial charge in [-0.25, -0.2) is 9.78 Å². The number of anilines is 1. The predicted octanol–water partition coefficient (Wildman–Crippen LogP) is 2.17. The Morgan fingerprint density at radius 1 is 1.16 bits per heavy atom. The minimum Gasteiger partial charge on any atom is -0.357 e. The largest absolute Gasteiger partial charge is 0.357 e. The number of nitrogens with zero attached hydrogens (tertiary/aromatic N) is 4. The molecule has 0 spiro atoms. The van der Waals surface area contributed by atoms with Gasteiger partial charge in [0.25, 0.3) is 0 Å². The first-order valence-corrected chi connectivity index (χ1v) is 9.60. The van der Waals surface area contributed by atoms with E-state index in [9.17, 15) is 4.79 Å². The van der Waals surface area contributed by atoms with Gasteiger partial charge in [0.1, 0.15) is 5.82 Å². The van der Waals surface area contributed by atoms with Gasteiger partial charge in [-0.1, -0.05) is 19.9 Å². The lowest BCUT2D eigenvalue weighted by Gasteiger charge is -2.34. The van der Waals surface area contributed by atoms with Crippen molar-refractivity contribution in [2.75, 3.05) is 50.7 Å². The smallest absolute Gasteiger partial charge is 0.317 e. The quantitative estimate of drug-likeness (QED) is 0.909. The molecule has 0 saturated carbocycles. The fourth-order valence-corrected chi connectivity index (χ4v) is 3.50. The second kappa shape index (κ2) is 8.52. The van der Waals surface area contributed by atoms with Gasteiger partial charge in [0, 0.05) is 52.0 Å². The lowest BCUT2D eigenvalue weighted by molar-refractivity contribution is 0.142. The van der Waals surface area contributed by atoms with Crippen molar-refractivity contribution in [2.45, 2.75) is 33.2 Å². The summed E-state index contributed by atoms with van der Waals surface area (Å²) in [5, 5.41) is 3.02. The standard InChI is InChI=1S/C19H31N5O/c1-3-22-10-12-24(13-11-22)19(25)21-15-17-4-5-18(20-14-17)23-8-6-16(2)7-9-23/h4-5,14,16H,3,6-13,15H2,1-2H3,(H,21,25).